The number of aryl methyl sites for hydroxylation is 1. The standard InChI is InChI=1S/C29H33N3O4/c1-32-27-12-13-30-22-26(27)25-10-8-23(20-28(25)32)24-9-11-29(31-21-24)36-19-7-6-18-35-17-5-4-16-34-15-3-2-14-33/h8-13,20-22,33H,2-5,14-19H2,1H3. The Bertz CT molecular complexity index is 1310. The van der Waals surface area contributed by atoms with Crippen molar-refractivity contribution in [3.05, 3.63) is 55.0 Å². The van der Waals surface area contributed by atoms with E-state index >= 15 is 0 Å². The molecule has 0 atom stereocenters. The number of aromatic nitrogens is 3. The van der Waals surface area contributed by atoms with E-state index in [1.807, 2.05) is 36.8 Å². The lowest BCUT2D eigenvalue weighted by Gasteiger charge is -2.05. The number of fused-ring (bicyclic) bond motifs is 3. The third-order valence-electron chi connectivity index (χ3n) is 5.99. The zero-order valence-electron chi connectivity index (χ0n) is 20.8. The van der Waals surface area contributed by atoms with Crippen LogP contribution in [-0.4, -0.2) is 59.3 Å². The molecule has 188 valence electrons. The van der Waals surface area contributed by atoms with Crippen LogP contribution in [0.15, 0.2) is 55.0 Å². The van der Waals surface area contributed by atoms with Crippen molar-refractivity contribution < 1.29 is 19.3 Å². The van der Waals surface area contributed by atoms with E-state index in [9.17, 15) is 0 Å². The molecule has 36 heavy (non-hydrogen) atoms. The molecule has 0 spiro atoms. The summed E-state index contributed by atoms with van der Waals surface area (Å²) in [7, 11) is 2.08. The van der Waals surface area contributed by atoms with Crippen molar-refractivity contribution in [3.63, 3.8) is 0 Å². The van der Waals surface area contributed by atoms with E-state index in [-0.39, 0.29) is 13.2 Å². The highest BCUT2D eigenvalue weighted by molar-refractivity contribution is 6.08. The summed E-state index contributed by atoms with van der Waals surface area (Å²) in [6.07, 6.45) is 9.18. The summed E-state index contributed by atoms with van der Waals surface area (Å²) in [6.45, 7) is 3.00. The Morgan fingerprint density at radius 2 is 1.58 bits per heavy atom. The van der Waals surface area contributed by atoms with Crippen LogP contribution in [0.5, 0.6) is 5.88 Å². The molecule has 0 aliphatic heterocycles. The fraction of sp³-hybridized carbons (Fsp3) is 0.379. The Balaban J connectivity index is 1.18. The number of rotatable bonds is 13. The molecule has 4 aromatic rings. The van der Waals surface area contributed by atoms with E-state index in [0.717, 1.165) is 54.3 Å². The van der Waals surface area contributed by atoms with Crippen LogP contribution in [0.4, 0.5) is 0 Å². The lowest BCUT2D eigenvalue weighted by molar-refractivity contribution is 0.108. The Morgan fingerprint density at radius 3 is 2.39 bits per heavy atom. The van der Waals surface area contributed by atoms with E-state index in [4.69, 9.17) is 19.3 Å². The second-order valence-electron chi connectivity index (χ2n) is 8.51. The SMILES string of the molecule is Cn1c2ccncc2c2ccc(-c3ccc(OCC#CCOCCCCOCCCCO)nc3)cc21. The van der Waals surface area contributed by atoms with E-state index in [1.165, 1.54) is 10.9 Å². The molecule has 7 nitrogen and oxygen atoms in total. The monoisotopic (exact) mass is 487 g/mol. The first-order valence-corrected chi connectivity index (χ1v) is 12.4. The van der Waals surface area contributed by atoms with Crippen LogP contribution in [0, 0.1) is 11.8 Å². The predicted octanol–water partition coefficient (Wildman–Crippen LogP) is 4.76. The highest BCUT2D eigenvalue weighted by Gasteiger charge is 2.09. The summed E-state index contributed by atoms with van der Waals surface area (Å²) in [5.74, 6) is 6.47. The van der Waals surface area contributed by atoms with Gasteiger partial charge in [-0.3, -0.25) is 4.98 Å². The second kappa shape index (κ2) is 13.6. The number of aliphatic hydroxyl groups excluding tert-OH is 1. The third kappa shape index (κ3) is 6.82. The van der Waals surface area contributed by atoms with Gasteiger partial charge in [0.1, 0.15) is 6.61 Å². The van der Waals surface area contributed by atoms with Crippen LogP contribution in [-0.2, 0) is 16.5 Å². The quantitative estimate of drug-likeness (QED) is 0.216. The Morgan fingerprint density at radius 1 is 0.806 bits per heavy atom. The first-order valence-electron chi connectivity index (χ1n) is 12.4. The summed E-state index contributed by atoms with van der Waals surface area (Å²) >= 11 is 0. The van der Waals surface area contributed by atoms with Crippen LogP contribution in [0.2, 0.25) is 0 Å². The van der Waals surface area contributed by atoms with Gasteiger partial charge in [0, 0.05) is 80.0 Å². The Hall–Kier alpha value is -3.44. The van der Waals surface area contributed by atoms with Gasteiger partial charge in [-0.15, -0.1) is 0 Å². The number of nitrogens with zero attached hydrogens (tertiary/aromatic N) is 3. The van der Waals surface area contributed by atoms with E-state index in [1.54, 1.807) is 0 Å². The molecule has 0 unspecified atom stereocenters. The zero-order valence-corrected chi connectivity index (χ0v) is 20.8. The zero-order chi connectivity index (χ0) is 25.0. The van der Waals surface area contributed by atoms with Crippen molar-refractivity contribution in [1.82, 2.24) is 14.5 Å². The van der Waals surface area contributed by atoms with Gasteiger partial charge < -0.3 is 23.9 Å². The minimum Gasteiger partial charge on any atom is -0.464 e. The highest BCUT2D eigenvalue weighted by Crippen LogP contribution is 2.31. The van der Waals surface area contributed by atoms with Gasteiger partial charge in [0.2, 0.25) is 5.88 Å². The van der Waals surface area contributed by atoms with Crippen molar-refractivity contribution in [1.29, 1.82) is 0 Å². The minimum atomic E-state index is 0.231. The number of aliphatic hydroxyl groups is 1. The van der Waals surface area contributed by atoms with Crippen molar-refractivity contribution >= 4 is 21.8 Å². The third-order valence-corrected chi connectivity index (χ3v) is 5.99. The van der Waals surface area contributed by atoms with Crippen molar-refractivity contribution in [2.45, 2.75) is 25.7 Å². The lowest BCUT2D eigenvalue weighted by Crippen LogP contribution is -2.01. The summed E-state index contributed by atoms with van der Waals surface area (Å²) in [6, 6.07) is 12.4. The fourth-order valence-electron chi connectivity index (χ4n) is 4.03. The maximum Gasteiger partial charge on any atom is 0.214 e. The molecular weight excluding hydrogens is 454 g/mol. The molecule has 0 aliphatic carbocycles. The van der Waals surface area contributed by atoms with Gasteiger partial charge in [0.25, 0.3) is 0 Å². The van der Waals surface area contributed by atoms with Gasteiger partial charge in [-0.1, -0.05) is 24.0 Å². The van der Waals surface area contributed by atoms with Crippen molar-refractivity contribution in [2.24, 2.45) is 7.05 Å². The number of ether oxygens (including phenoxy) is 3. The molecule has 0 bridgehead atoms. The molecule has 0 fully saturated rings. The van der Waals surface area contributed by atoms with E-state index in [2.05, 4.69) is 51.6 Å². The van der Waals surface area contributed by atoms with Gasteiger partial charge in [0.05, 0.1) is 5.52 Å². The van der Waals surface area contributed by atoms with E-state index in [0.29, 0.717) is 25.7 Å². The largest absolute Gasteiger partial charge is 0.464 e. The number of unbranched alkanes of at least 4 members (excludes halogenated alkanes) is 2. The second-order valence-corrected chi connectivity index (χ2v) is 8.51. The summed E-state index contributed by atoms with van der Waals surface area (Å²) in [4.78, 5) is 8.71. The highest BCUT2D eigenvalue weighted by atomic mass is 16.5. The van der Waals surface area contributed by atoms with Crippen LogP contribution < -0.4 is 4.74 Å². The number of benzene rings is 1. The molecule has 4 rings (SSSR count). The normalized spacial score (nSPS) is 11.1. The summed E-state index contributed by atoms with van der Waals surface area (Å²) in [5.41, 5.74) is 4.46. The number of pyridine rings is 2. The molecule has 0 amide bonds. The number of hydrogen-bond acceptors (Lipinski definition) is 6. The average molecular weight is 488 g/mol. The molecule has 1 N–H and O–H groups in total. The van der Waals surface area contributed by atoms with Gasteiger partial charge in [-0.25, -0.2) is 4.98 Å². The first kappa shape index (κ1) is 25.6. The van der Waals surface area contributed by atoms with Crippen molar-refractivity contribution in [2.75, 3.05) is 39.6 Å². The molecule has 0 saturated heterocycles. The first-order chi connectivity index (χ1) is 17.8. The lowest BCUT2D eigenvalue weighted by atomic mass is 10.1. The molecule has 3 aromatic heterocycles. The number of hydrogen-bond donors (Lipinski definition) is 1. The molecule has 7 heteroatoms. The Labute approximate surface area is 212 Å². The molecule has 0 aliphatic rings. The van der Waals surface area contributed by atoms with Crippen LogP contribution in [0.25, 0.3) is 32.9 Å². The van der Waals surface area contributed by atoms with E-state index < -0.39 is 0 Å². The van der Waals surface area contributed by atoms with Crippen LogP contribution in [0.3, 0.4) is 0 Å². The maximum absolute atomic E-state index is 8.71. The van der Waals surface area contributed by atoms with Crippen LogP contribution >= 0.6 is 0 Å². The summed E-state index contributed by atoms with van der Waals surface area (Å²) in [5, 5.41) is 11.1. The van der Waals surface area contributed by atoms with Crippen LogP contribution in [0.1, 0.15) is 25.7 Å². The predicted molar refractivity (Wildman–Crippen MR) is 142 cm³/mol. The maximum atomic E-state index is 8.71. The molecule has 1 aromatic carbocycles. The minimum absolute atomic E-state index is 0.231. The molecule has 0 radical (unpaired) electrons. The van der Waals surface area contributed by atoms with Gasteiger partial charge in [-0.2, -0.15) is 0 Å². The smallest absolute Gasteiger partial charge is 0.214 e. The van der Waals surface area contributed by atoms with Gasteiger partial charge in [0.15, 0.2) is 6.61 Å². The van der Waals surface area contributed by atoms with Gasteiger partial charge >= 0.3 is 0 Å². The average Bonchev–Trinajstić information content (AvgIpc) is 3.20. The van der Waals surface area contributed by atoms with Gasteiger partial charge in [-0.05, 0) is 49.4 Å². The fourth-order valence-corrected chi connectivity index (χ4v) is 4.03. The molecular formula is C29H33N3O4. The summed E-state index contributed by atoms with van der Waals surface area (Å²) < 4.78 is 18.8. The molecule has 3 heterocycles. The van der Waals surface area contributed by atoms with Crippen molar-refractivity contribution in [3.8, 4) is 28.8 Å². The topological polar surface area (TPSA) is 78.6 Å². The molecule has 0 saturated carbocycles. The Kier molecular flexibility index (Phi) is 9.69.